The Bertz CT molecular complexity index is 490. The average molecular weight is 333 g/mol. The standard InChI is InChI=1S/C18H31N5O/c1-15(13-22-12-9-19-14-22)20-17-7-10-23(11-8-17)18(24)21-16-5-3-2-4-6-16/h9,12,14-17,20H,2-8,10-11,13H2,1H3,(H,21,24). The molecule has 1 unspecified atom stereocenters. The van der Waals surface area contributed by atoms with Gasteiger partial charge in [-0.05, 0) is 32.6 Å². The molecule has 1 aromatic heterocycles. The van der Waals surface area contributed by atoms with Crippen LogP contribution in [0.1, 0.15) is 51.9 Å². The molecule has 2 fully saturated rings. The molecule has 134 valence electrons. The van der Waals surface area contributed by atoms with Crippen LogP contribution in [0.15, 0.2) is 18.7 Å². The number of imidazole rings is 1. The largest absolute Gasteiger partial charge is 0.336 e. The average Bonchev–Trinajstić information content (AvgIpc) is 3.09. The third kappa shape index (κ3) is 4.97. The second-order valence-corrected chi connectivity index (χ2v) is 7.37. The molecule has 1 atom stereocenters. The number of carbonyl (C=O) groups excluding carboxylic acids is 1. The maximum atomic E-state index is 12.4. The molecule has 6 heteroatoms. The van der Waals surface area contributed by atoms with Crippen LogP contribution in [0.3, 0.4) is 0 Å². The first-order valence-corrected chi connectivity index (χ1v) is 9.48. The van der Waals surface area contributed by atoms with E-state index in [0.29, 0.717) is 18.1 Å². The van der Waals surface area contributed by atoms with Crippen molar-refractivity contribution in [1.82, 2.24) is 25.1 Å². The van der Waals surface area contributed by atoms with Gasteiger partial charge in [-0.25, -0.2) is 9.78 Å². The summed E-state index contributed by atoms with van der Waals surface area (Å²) in [5.74, 6) is 0. The summed E-state index contributed by atoms with van der Waals surface area (Å²) in [6.07, 6.45) is 13.9. The molecule has 1 saturated carbocycles. The van der Waals surface area contributed by atoms with Gasteiger partial charge in [0.1, 0.15) is 0 Å². The number of hydrogen-bond acceptors (Lipinski definition) is 3. The highest BCUT2D eigenvalue weighted by molar-refractivity contribution is 5.74. The lowest BCUT2D eigenvalue weighted by atomic mass is 9.95. The number of nitrogens with zero attached hydrogens (tertiary/aromatic N) is 3. The monoisotopic (exact) mass is 333 g/mol. The summed E-state index contributed by atoms with van der Waals surface area (Å²) in [5.41, 5.74) is 0. The van der Waals surface area contributed by atoms with Crippen LogP contribution in [-0.2, 0) is 6.54 Å². The number of nitrogens with one attached hydrogen (secondary N) is 2. The molecule has 1 aliphatic carbocycles. The molecule has 6 nitrogen and oxygen atoms in total. The molecule has 2 heterocycles. The van der Waals surface area contributed by atoms with Gasteiger partial charge in [0.2, 0.25) is 0 Å². The van der Waals surface area contributed by atoms with Gasteiger partial charge in [-0.3, -0.25) is 0 Å². The second-order valence-electron chi connectivity index (χ2n) is 7.37. The molecule has 0 bridgehead atoms. The molecule has 0 radical (unpaired) electrons. The van der Waals surface area contributed by atoms with Gasteiger partial charge >= 0.3 is 6.03 Å². The maximum Gasteiger partial charge on any atom is 0.317 e. The number of aromatic nitrogens is 2. The summed E-state index contributed by atoms with van der Waals surface area (Å²) in [4.78, 5) is 18.5. The predicted molar refractivity (Wildman–Crippen MR) is 94.8 cm³/mol. The summed E-state index contributed by atoms with van der Waals surface area (Å²) in [5, 5.41) is 6.92. The first-order chi connectivity index (χ1) is 11.7. The fraction of sp³-hybridized carbons (Fsp3) is 0.778. The van der Waals surface area contributed by atoms with Gasteiger partial charge in [-0.15, -0.1) is 0 Å². The van der Waals surface area contributed by atoms with Crippen molar-refractivity contribution in [2.45, 2.75) is 76.5 Å². The molecule has 3 rings (SSSR count). The number of piperidine rings is 1. The Morgan fingerprint density at radius 2 is 1.92 bits per heavy atom. The second kappa shape index (κ2) is 8.51. The summed E-state index contributed by atoms with van der Waals surface area (Å²) < 4.78 is 2.10. The van der Waals surface area contributed by atoms with E-state index in [2.05, 4.69) is 27.1 Å². The molecule has 1 saturated heterocycles. The molecule has 1 aliphatic heterocycles. The first kappa shape index (κ1) is 17.3. The number of carbonyl (C=O) groups is 1. The molecule has 2 N–H and O–H groups in total. The van der Waals surface area contributed by atoms with Gasteiger partial charge in [0, 0.05) is 50.2 Å². The van der Waals surface area contributed by atoms with Crippen LogP contribution in [0.25, 0.3) is 0 Å². The van der Waals surface area contributed by atoms with E-state index < -0.39 is 0 Å². The molecular weight excluding hydrogens is 302 g/mol. The van der Waals surface area contributed by atoms with Gasteiger partial charge < -0.3 is 20.1 Å². The van der Waals surface area contributed by atoms with Crippen molar-refractivity contribution in [3.63, 3.8) is 0 Å². The lowest BCUT2D eigenvalue weighted by Gasteiger charge is -2.35. The Kier molecular flexibility index (Phi) is 6.12. The van der Waals surface area contributed by atoms with Gasteiger partial charge in [0.15, 0.2) is 0 Å². The van der Waals surface area contributed by atoms with Gasteiger partial charge in [-0.1, -0.05) is 19.3 Å². The topological polar surface area (TPSA) is 62.2 Å². The Morgan fingerprint density at radius 1 is 1.17 bits per heavy atom. The van der Waals surface area contributed by atoms with E-state index in [4.69, 9.17) is 0 Å². The smallest absolute Gasteiger partial charge is 0.317 e. The van der Waals surface area contributed by atoms with Crippen molar-refractivity contribution in [2.75, 3.05) is 13.1 Å². The third-order valence-electron chi connectivity index (χ3n) is 5.28. The summed E-state index contributed by atoms with van der Waals surface area (Å²) in [6.45, 7) is 4.85. The maximum absolute atomic E-state index is 12.4. The number of amides is 2. The van der Waals surface area contributed by atoms with E-state index in [0.717, 1.165) is 45.3 Å². The lowest BCUT2D eigenvalue weighted by molar-refractivity contribution is 0.167. The number of hydrogen-bond donors (Lipinski definition) is 2. The molecule has 0 spiro atoms. The van der Waals surface area contributed by atoms with E-state index in [9.17, 15) is 4.79 Å². The van der Waals surface area contributed by atoms with Crippen LogP contribution in [0.5, 0.6) is 0 Å². The highest BCUT2D eigenvalue weighted by Crippen LogP contribution is 2.18. The van der Waals surface area contributed by atoms with Gasteiger partial charge in [0.25, 0.3) is 0 Å². The summed E-state index contributed by atoms with van der Waals surface area (Å²) >= 11 is 0. The van der Waals surface area contributed by atoms with Crippen molar-refractivity contribution in [3.8, 4) is 0 Å². The zero-order chi connectivity index (χ0) is 16.8. The first-order valence-electron chi connectivity index (χ1n) is 9.48. The quantitative estimate of drug-likeness (QED) is 0.869. The molecule has 2 aliphatic rings. The van der Waals surface area contributed by atoms with E-state index in [1.807, 2.05) is 23.6 Å². The van der Waals surface area contributed by atoms with Gasteiger partial charge in [-0.2, -0.15) is 0 Å². The van der Waals surface area contributed by atoms with Crippen molar-refractivity contribution >= 4 is 6.03 Å². The van der Waals surface area contributed by atoms with Crippen LogP contribution >= 0.6 is 0 Å². The number of likely N-dealkylation sites (tertiary alicyclic amines) is 1. The van der Waals surface area contributed by atoms with Crippen molar-refractivity contribution in [2.24, 2.45) is 0 Å². The van der Waals surface area contributed by atoms with E-state index >= 15 is 0 Å². The minimum Gasteiger partial charge on any atom is -0.336 e. The van der Waals surface area contributed by atoms with Crippen LogP contribution in [0, 0.1) is 0 Å². The molecule has 24 heavy (non-hydrogen) atoms. The fourth-order valence-corrected chi connectivity index (χ4v) is 3.93. The van der Waals surface area contributed by atoms with Gasteiger partial charge in [0.05, 0.1) is 6.33 Å². The molecule has 0 aromatic carbocycles. The zero-order valence-electron chi connectivity index (χ0n) is 14.8. The summed E-state index contributed by atoms with van der Waals surface area (Å²) in [7, 11) is 0. The van der Waals surface area contributed by atoms with Crippen LogP contribution < -0.4 is 10.6 Å². The Hall–Kier alpha value is -1.56. The Morgan fingerprint density at radius 3 is 2.58 bits per heavy atom. The van der Waals surface area contributed by atoms with Crippen LogP contribution in [-0.4, -0.2) is 51.7 Å². The molecule has 2 amide bonds. The molecular formula is C18H31N5O. The van der Waals surface area contributed by atoms with E-state index in [1.54, 1.807) is 0 Å². The minimum absolute atomic E-state index is 0.145. The van der Waals surface area contributed by atoms with Crippen molar-refractivity contribution < 1.29 is 4.79 Å². The van der Waals surface area contributed by atoms with Crippen molar-refractivity contribution in [3.05, 3.63) is 18.7 Å². The number of urea groups is 1. The molecule has 1 aromatic rings. The minimum atomic E-state index is 0.145. The highest BCUT2D eigenvalue weighted by Gasteiger charge is 2.25. The lowest BCUT2D eigenvalue weighted by Crippen LogP contribution is -2.52. The van der Waals surface area contributed by atoms with E-state index in [1.165, 1.54) is 19.3 Å². The predicted octanol–water partition coefficient (Wildman–Crippen LogP) is 2.37. The zero-order valence-corrected chi connectivity index (χ0v) is 14.8. The summed E-state index contributed by atoms with van der Waals surface area (Å²) in [6, 6.07) is 1.46. The third-order valence-corrected chi connectivity index (χ3v) is 5.28. The Balaban J connectivity index is 1.36. The Labute approximate surface area is 145 Å². The van der Waals surface area contributed by atoms with E-state index in [-0.39, 0.29) is 6.03 Å². The van der Waals surface area contributed by atoms with Crippen molar-refractivity contribution in [1.29, 1.82) is 0 Å². The fourth-order valence-electron chi connectivity index (χ4n) is 3.93. The number of rotatable bonds is 5. The normalized spacial score (nSPS) is 21.6. The van der Waals surface area contributed by atoms with Crippen LogP contribution in [0.2, 0.25) is 0 Å². The SMILES string of the molecule is CC(Cn1ccnc1)NC1CCN(C(=O)NC2CCCCC2)CC1. The highest BCUT2D eigenvalue weighted by atomic mass is 16.2. The van der Waals surface area contributed by atoms with Crippen LogP contribution in [0.4, 0.5) is 4.79 Å².